The van der Waals surface area contributed by atoms with E-state index in [1.807, 2.05) is 32.0 Å². The molecule has 0 aliphatic carbocycles. The monoisotopic (exact) mass is 287 g/mol. The number of anilines is 1. The van der Waals surface area contributed by atoms with Gasteiger partial charge in [0.1, 0.15) is 6.10 Å². The first-order valence-corrected chi connectivity index (χ1v) is 6.46. The smallest absolute Gasteiger partial charge is 0.409 e. The molecule has 3 N–H and O–H groups in total. The van der Waals surface area contributed by atoms with E-state index in [2.05, 4.69) is 15.3 Å². The van der Waals surface area contributed by atoms with Gasteiger partial charge in [-0.05, 0) is 24.3 Å². The van der Waals surface area contributed by atoms with Gasteiger partial charge in [0.15, 0.2) is 0 Å². The normalized spacial score (nSPS) is 12.7. The number of amides is 1. The second kappa shape index (κ2) is 5.88. The van der Waals surface area contributed by atoms with Gasteiger partial charge in [-0.3, -0.25) is 15.3 Å². The summed E-state index contributed by atoms with van der Waals surface area (Å²) in [6.07, 6.45) is 1.04. The fourth-order valence-corrected chi connectivity index (χ4v) is 2.02. The van der Waals surface area contributed by atoms with Crippen molar-refractivity contribution >= 4 is 11.8 Å². The van der Waals surface area contributed by atoms with Crippen LogP contribution in [-0.4, -0.2) is 26.3 Å². The first-order chi connectivity index (χ1) is 9.91. The summed E-state index contributed by atoms with van der Waals surface area (Å²) < 4.78 is 0. The minimum absolute atomic E-state index is 0.356. The van der Waals surface area contributed by atoms with E-state index in [0.717, 1.165) is 5.69 Å². The number of aliphatic hydroxyl groups is 1. The maximum Gasteiger partial charge on any atom is 0.409 e. The van der Waals surface area contributed by atoms with E-state index in [9.17, 15) is 9.90 Å². The van der Waals surface area contributed by atoms with E-state index in [-0.39, 0.29) is 0 Å². The third-order valence-corrected chi connectivity index (χ3v) is 3.33. The summed E-state index contributed by atoms with van der Waals surface area (Å²) in [5, 5.41) is 21.4. The van der Waals surface area contributed by atoms with Crippen LogP contribution in [0, 0.1) is 0 Å². The topological polar surface area (TPSA) is 95.3 Å². The molecule has 0 aliphatic rings. The molecule has 0 aliphatic heterocycles. The van der Waals surface area contributed by atoms with Crippen LogP contribution < -0.4 is 5.32 Å². The summed E-state index contributed by atoms with van der Waals surface area (Å²) in [5.74, 6) is 0. The molecule has 2 heterocycles. The highest BCUT2D eigenvalue weighted by molar-refractivity contribution is 5.82. The summed E-state index contributed by atoms with van der Waals surface area (Å²) >= 11 is 0. The second-order valence-electron chi connectivity index (χ2n) is 5.24. The van der Waals surface area contributed by atoms with Crippen LogP contribution in [0.15, 0.2) is 42.7 Å². The van der Waals surface area contributed by atoms with Crippen molar-refractivity contribution in [3.05, 3.63) is 54.1 Å². The van der Waals surface area contributed by atoms with Gasteiger partial charge in [-0.15, -0.1) is 0 Å². The molecule has 21 heavy (non-hydrogen) atoms. The van der Waals surface area contributed by atoms with Crippen LogP contribution in [0.4, 0.5) is 10.5 Å². The highest BCUT2D eigenvalue weighted by Gasteiger charge is 2.33. The molecule has 0 spiro atoms. The van der Waals surface area contributed by atoms with Crippen molar-refractivity contribution in [1.29, 1.82) is 0 Å². The quantitative estimate of drug-likeness (QED) is 0.803. The van der Waals surface area contributed by atoms with Crippen molar-refractivity contribution in [2.45, 2.75) is 25.4 Å². The summed E-state index contributed by atoms with van der Waals surface area (Å²) in [7, 11) is 0. The molecule has 2 aromatic rings. The van der Waals surface area contributed by atoms with Crippen LogP contribution in [0.25, 0.3) is 0 Å². The molecule has 0 aromatic carbocycles. The number of nitrogens with zero attached hydrogens (tertiary/aromatic N) is 2. The first-order valence-electron chi connectivity index (χ1n) is 6.46. The fourth-order valence-electron chi connectivity index (χ4n) is 2.02. The van der Waals surface area contributed by atoms with Gasteiger partial charge in [0.2, 0.25) is 0 Å². The molecule has 110 valence electrons. The Morgan fingerprint density at radius 2 is 2.00 bits per heavy atom. The Balaban J connectivity index is 2.23. The van der Waals surface area contributed by atoms with Crippen molar-refractivity contribution in [2.75, 3.05) is 5.32 Å². The molecule has 0 saturated carbocycles. The Kier molecular flexibility index (Phi) is 4.18. The maximum absolute atomic E-state index is 10.5. The average molecular weight is 287 g/mol. The molecular formula is C15H17N3O3. The first kappa shape index (κ1) is 14.9. The van der Waals surface area contributed by atoms with E-state index in [1.165, 1.54) is 6.20 Å². The van der Waals surface area contributed by atoms with Crippen LogP contribution >= 0.6 is 0 Å². The van der Waals surface area contributed by atoms with Crippen molar-refractivity contribution in [1.82, 2.24) is 9.97 Å². The minimum Gasteiger partial charge on any atom is -0.465 e. The zero-order chi connectivity index (χ0) is 15.5. The van der Waals surface area contributed by atoms with E-state index in [4.69, 9.17) is 5.11 Å². The molecule has 6 heteroatoms. The summed E-state index contributed by atoms with van der Waals surface area (Å²) in [4.78, 5) is 18.9. The molecule has 2 aromatic heterocycles. The number of carbonyl (C=O) groups is 1. The molecule has 2 rings (SSSR count). The van der Waals surface area contributed by atoms with E-state index in [0.29, 0.717) is 11.4 Å². The number of hydrogen-bond donors (Lipinski definition) is 3. The predicted molar refractivity (Wildman–Crippen MR) is 78.1 cm³/mol. The molecule has 0 saturated heterocycles. The van der Waals surface area contributed by atoms with Gasteiger partial charge in [-0.2, -0.15) is 0 Å². The van der Waals surface area contributed by atoms with Crippen molar-refractivity contribution < 1.29 is 15.0 Å². The Morgan fingerprint density at radius 3 is 2.52 bits per heavy atom. The van der Waals surface area contributed by atoms with Gasteiger partial charge in [0.25, 0.3) is 0 Å². The van der Waals surface area contributed by atoms with E-state index >= 15 is 0 Å². The van der Waals surface area contributed by atoms with Crippen LogP contribution in [0.2, 0.25) is 0 Å². The number of hydrogen-bond acceptors (Lipinski definition) is 4. The Labute approximate surface area is 122 Å². The highest BCUT2D eigenvalue weighted by Crippen LogP contribution is 2.34. The fraction of sp³-hybridized carbons (Fsp3) is 0.267. The van der Waals surface area contributed by atoms with Crippen molar-refractivity contribution in [3.8, 4) is 0 Å². The van der Waals surface area contributed by atoms with Crippen LogP contribution in [0.5, 0.6) is 0 Å². The summed E-state index contributed by atoms with van der Waals surface area (Å²) in [6, 6.07) is 8.69. The Morgan fingerprint density at radius 1 is 1.24 bits per heavy atom. The lowest BCUT2D eigenvalue weighted by Gasteiger charge is -2.29. The van der Waals surface area contributed by atoms with Crippen LogP contribution in [0.3, 0.4) is 0 Å². The van der Waals surface area contributed by atoms with Gasteiger partial charge < -0.3 is 10.2 Å². The van der Waals surface area contributed by atoms with Crippen molar-refractivity contribution in [2.24, 2.45) is 0 Å². The summed E-state index contributed by atoms with van der Waals surface area (Å²) in [5.41, 5.74) is 0.957. The third-order valence-electron chi connectivity index (χ3n) is 3.33. The lowest BCUT2D eigenvalue weighted by Crippen LogP contribution is -2.28. The van der Waals surface area contributed by atoms with Gasteiger partial charge in [-0.1, -0.05) is 19.9 Å². The lowest BCUT2D eigenvalue weighted by atomic mass is 9.81. The molecule has 6 nitrogen and oxygen atoms in total. The summed E-state index contributed by atoms with van der Waals surface area (Å²) in [6.45, 7) is 3.76. The predicted octanol–water partition coefficient (Wildman–Crippen LogP) is 2.58. The SMILES string of the molecule is CC(C)(c1ccccn1)C(O)c1ccc(NC(=O)O)cn1. The molecule has 1 amide bonds. The number of aliphatic hydroxyl groups excluding tert-OH is 1. The molecular weight excluding hydrogens is 270 g/mol. The largest absolute Gasteiger partial charge is 0.465 e. The maximum atomic E-state index is 10.5. The number of pyridine rings is 2. The Bertz CT molecular complexity index is 612. The van der Waals surface area contributed by atoms with Crippen molar-refractivity contribution in [3.63, 3.8) is 0 Å². The van der Waals surface area contributed by atoms with E-state index < -0.39 is 17.6 Å². The number of carboxylic acid groups (broad SMARTS) is 1. The number of aromatic nitrogens is 2. The van der Waals surface area contributed by atoms with Gasteiger partial charge in [0.05, 0.1) is 17.6 Å². The van der Waals surface area contributed by atoms with Crippen LogP contribution in [0.1, 0.15) is 31.3 Å². The second-order valence-corrected chi connectivity index (χ2v) is 5.24. The lowest BCUT2D eigenvalue weighted by molar-refractivity contribution is 0.0938. The van der Waals surface area contributed by atoms with Crippen LogP contribution in [-0.2, 0) is 5.41 Å². The molecule has 0 fully saturated rings. The number of nitrogens with one attached hydrogen (secondary N) is 1. The zero-order valence-corrected chi connectivity index (χ0v) is 11.8. The number of rotatable bonds is 4. The standard InChI is InChI=1S/C15H17N3O3/c1-15(2,12-5-3-4-8-16-12)13(19)11-7-6-10(9-17-11)18-14(20)21/h3-9,13,18-19H,1-2H3,(H,20,21). The van der Waals surface area contributed by atoms with Gasteiger partial charge >= 0.3 is 6.09 Å². The third kappa shape index (κ3) is 3.35. The molecule has 1 unspecified atom stereocenters. The molecule has 0 bridgehead atoms. The molecule has 1 atom stereocenters. The average Bonchev–Trinajstić information content (AvgIpc) is 2.47. The zero-order valence-electron chi connectivity index (χ0n) is 11.8. The minimum atomic E-state index is -1.15. The molecule has 0 radical (unpaired) electrons. The van der Waals surface area contributed by atoms with E-state index in [1.54, 1.807) is 18.3 Å². The highest BCUT2D eigenvalue weighted by atomic mass is 16.4. The van der Waals surface area contributed by atoms with Gasteiger partial charge in [-0.25, -0.2) is 4.79 Å². The van der Waals surface area contributed by atoms with Gasteiger partial charge in [0, 0.05) is 17.3 Å². The Hall–Kier alpha value is -2.47.